The predicted octanol–water partition coefficient (Wildman–Crippen LogP) is 4.19. The molecule has 0 bridgehead atoms. The number of aryl methyl sites for hydroxylation is 2. The first-order valence-corrected chi connectivity index (χ1v) is 8.61. The van der Waals surface area contributed by atoms with Crippen LogP contribution in [0, 0.1) is 13.8 Å². The van der Waals surface area contributed by atoms with Gasteiger partial charge in [0.1, 0.15) is 0 Å². The van der Waals surface area contributed by atoms with Gasteiger partial charge >= 0.3 is 156 Å². The van der Waals surface area contributed by atoms with Crippen LogP contribution in [0.5, 0.6) is 17.2 Å². The Labute approximate surface area is 161 Å². The van der Waals surface area contributed by atoms with Gasteiger partial charge < -0.3 is 0 Å². The molecule has 0 atom stereocenters. The third-order valence-corrected chi connectivity index (χ3v) is 4.50. The van der Waals surface area contributed by atoms with Gasteiger partial charge in [-0.3, -0.25) is 0 Å². The first-order chi connectivity index (χ1) is 11.9. The summed E-state index contributed by atoms with van der Waals surface area (Å²) in [5.41, 5.74) is 1.92. The molecule has 0 aliphatic rings. The Balaban J connectivity index is 2.09. The fourth-order valence-corrected chi connectivity index (χ4v) is 3.02. The second-order valence-electron chi connectivity index (χ2n) is 5.58. The fraction of sp³-hybridized carbons (Fsp3) is 0.111. The summed E-state index contributed by atoms with van der Waals surface area (Å²) in [7, 11) is 0. The van der Waals surface area contributed by atoms with Crippen LogP contribution in [-0.2, 0) is 20.7 Å². The van der Waals surface area contributed by atoms with Gasteiger partial charge in [-0.1, -0.05) is 6.07 Å². The number of benzene rings is 2. The van der Waals surface area contributed by atoms with Crippen molar-refractivity contribution in [3.05, 3.63) is 58.4 Å². The first-order valence-electron chi connectivity index (χ1n) is 7.45. The quantitative estimate of drug-likeness (QED) is 0.520. The van der Waals surface area contributed by atoms with Crippen LogP contribution in [0.3, 0.4) is 0 Å². The van der Waals surface area contributed by atoms with Gasteiger partial charge in [-0.2, -0.15) is 0 Å². The summed E-state index contributed by atoms with van der Waals surface area (Å²) in [5, 5.41) is 11.4. The van der Waals surface area contributed by atoms with Crippen molar-refractivity contribution in [3.8, 4) is 17.2 Å². The van der Waals surface area contributed by atoms with Crippen LogP contribution >= 0.6 is 11.6 Å². The molecule has 1 heterocycles. The maximum absolute atomic E-state index is 11.8. The molecule has 0 aliphatic heterocycles. The van der Waals surface area contributed by atoms with E-state index in [-0.39, 0.29) is 16.6 Å². The molecule has 0 fully saturated rings. The molecule has 0 radical (unpaired) electrons. The molecule has 0 aliphatic carbocycles. The number of carbonyl (C=O) groups is 1. The molecule has 2 N–H and O–H groups in total. The van der Waals surface area contributed by atoms with Gasteiger partial charge in [-0.25, -0.2) is 0 Å². The van der Waals surface area contributed by atoms with E-state index >= 15 is 0 Å². The molecule has 7 heteroatoms. The van der Waals surface area contributed by atoms with Crippen LogP contribution in [0.4, 0.5) is 0 Å². The number of nitrogens with one attached hydrogen (secondary N) is 1. The Hall–Kier alpha value is -2.08. The number of rotatable bonds is 3. The van der Waals surface area contributed by atoms with Crippen molar-refractivity contribution in [2.75, 3.05) is 0 Å². The van der Waals surface area contributed by atoms with Crippen molar-refractivity contribution in [1.82, 2.24) is 8.78 Å². The van der Waals surface area contributed by atoms with E-state index in [2.05, 4.69) is 8.78 Å². The molecular weight excluding hydrogens is 376 g/mol. The van der Waals surface area contributed by atoms with E-state index in [1.165, 1.54) is 20.7 Å². The van der Waals surface area contributed by atoms with Crippen LogP contribution < -0.4 is 8.54 Å². The van der Waals surface area contributed by atoms with Gasteiger partial charge in [0.05, 0.1) is 0 Å². The zero-order valence-corrected chi connectivity index (χ0v) is 15.9. The monoisotopic (exact) mass is 389 g/mol. The summed E-state index contributed by atoms with van der Waals surface area (Å²) < 4.78 is 8.42. The van der Waals surface area contributed by atoms with Crippen molar-refractivity contribution in [2.24, 2.45) is 0 Å². The summed E-state index contributed by atoms with van der Waals surface area (Å²) in [6, 6.07) is 11.0. The van der Waals surface area contributed by atoms with E-state index in [0.29, 0.717) is 16.5 Å². The van der Waals surface area contributed by atoms with Crippen LogP contribution in [0.15, 0.2) is 36.4 Å². The van der Waals surface area contributed by atoms with Gasteiger partial charge in [-0.05, 0) is 0 Å². The Bertz CT molecular complexity index is 971. The van der Waals surface area contributed by atoms with Crippen molar-refractivity contribution in [3.63, 3.8) is 0 Å². The van der Waals surface area contributed by atoms with Crippen molar-refractivity contribution in [1.29, 1.82) is 0 Å². The normalized spacial score (nSPS) is 10.6. The topological polar surface area (TPSA) is 71.5 Å². The van der Waals surface area contributed by atoms with Gasteiger partial charge in [0.2, 0.25) is 0 Å². The molecule has 0 saturated carbocycles. The summed E-state index contributed by atoms with van der Waals surface area (Å²) in [5.74, 6) is 0.632. The Morgan fingerprint density at radius 1 is 1.20 bits per heavy atom. The average molecular weight is 390 g/mol. The van der Waals surface area contributed by atoms with Crippen LogP contribution in [0.25, 0.3) is 10.8 Å². The van der Waals surface area contributed by atoms with Crippen molar-refractivity contribution >= 4 is 28.3 Å². The van der Waals surface area contributed by atoms with Gasteiger partial charge in [0, 0.05) is 0 Å². The molecule has 3 rings (SSSR count). The number of carbonyl (C=O) groups excluding carboxylic acids is 1. The number of nitrogens with zero attached hydrogens (tertiary/aromatic N) is 1. The number of aromatic nitrogens is 1. The van der Waals surface area contributed by atoms with E-state index in [1.807, 2.05) is 32.0 Å². The van der Waals surface area contributed by atoms with Crippen molar-refractivity contribution < 1.29 is 35.3 Å². The summed E-state index contributed by atoms with van der Waals surface area (Å²) in [4.78, 5) is 15.8. The number of halogens is 1. The van der Waals surface area contributed by atoms with E-state index in [0.717, 1.165) is 16.9 Å². The van der Waals surface area contributed by atoms with E-state index in [9.17, 15) is 9.90 Å². The van der Waals surface area contributed by atoms with E-state index < -0.39 is 5.91 Å². The summed E-state index contributed by atoms with van der Waals surface area (Å²) >= 11 is 7.68. The first kappa shape index (κ1) is 17.7. The molecule has 1 aromatic heterocycles. The summed E-state index contributed by atoms with van der Waals surface area (Å²) in [6.45, 7) is 3.94. The van der Waals surface area contributed by atoms with Crippen molar-refractivity contribution in [2.45, 2.75) is 13.8 Å². The summed E-state index contributed by atoms with van der Waals surface area (Å²) in [6.07, 6.45) is 0. The number of amides is 1. The molecule has 2 aromatic carbocycles. The van der Waals surface area contributed by atoms with Gasteiger partial charge in [-0.15, -0.1) is 0 Å². The Kier molecular flexibility index (Phi) is 5.00. The molecule has 5 nitrogen and oxygen atoms in total. The molecular formula is C18H14ClN2O3Ti. The Morgan fingerprint density at radius 3 is 2.52 bits per heavy atom. The SMILES string of the molecule is Cc1cccc(C)c1Oc1ccc2c(O)c(C(=O)[NH][Ti])nc(Cl)c2c1. The maximum atomic E-state index is 11.8. The Morgan fingerprint density at radius 2 is 1.88 bits per heavy atom. The number of para-hydroxylation sites is 1. The molecule has 0 saturated heterocycles. The average Bonchev–Trinajstić information content (AvgIpc) is 2.60. The molecule has 25 heavy (non-hydrogen) atoms. The zero-order valence-electron chi connectivity index (χ0n) is 13.6. The standard InChI is InChI=1S/C18H15ClN2O3.Ti/c1-9-4-3-5-10(2)16(9)24-11-6-7-12-13(8-11)17(19)21-14(15(12)22)18(20)23;/h3-8H,1-2H3,(H3,20,22,23);/q;+1/p-1. The molecule has 0 spiro atoms. The number of hydrogen-bond acceptors (Lipinski definition) is 4. The van der Waals surface area contributed by atoms with Crippen LogP contribution in [-0.4, -0.2) is 16.0 Å². The minimum absolute atomic E-state index is 0.108. The van der Waals surface area contributed by atoms with Gasteiger partial charge in [0.15, 0.2) is 0 Å². The predicted molar refractivity (Wildman–Crippen MR) is 91.9 cm³/mol. The third-order valence-electron chi connectivity index (χ3n) is 3.86. The fourth-order valence-electron chi connectivity index (χ4n) is 2.60. The van der Waals surface area contributed by atoms with Crippen LogP contribution in [0.1, 0.15) is 21.6 Å². The van der Waals surface area contributed by atoms with Gasteiger partial charge in [0.25, 0.3) is 0 Å². The molecule has 125 valence electrons. The number of hydrogen-bond donors (Lipinski definition) is 2. The molecule has 3 aromatic rings. The minimum atomic E-state index is -0.503. The molecule has 0 unspecified atom stereocenters. The van der Waals surface area contributed by atoms with Crippen LogP contribution in [0.2, 0.25) is 5.15 Å². The number of ether oxygens (including phenoxy) is 1. The number of aromatic hydroxyl groups is 1. The number of fused-ring (bicyclic) bond motifs is 1. The second-order valence-corrected chi connectivity index (χ2v) is 6.33. The van der Waals surface area contributed by atoms with E-state index in [1.54, 1.807) is 18.2 Å². The molecule has 1 amide bonds. The number of pyridine rings is 1. The zero-order chi connectivity index (χ0) is 18.1. The second kappa shape index (κ2) is 7.04. The van der Waals surface area contributed by atoms with E-state index in [4.69, 9.17) is 16.3 Å². The third kappa shape index (κ3) is 3.36.